The number of rotatable bonds is 6. The first-order valence-electron chi connectivity index (χ1n) is 9.43. The SMILES string of the molecule is O=C(NN=CC1CC=CCC1)c1ccc(CSc2nc3ccccc3[nH]2)cc1. The van der Waals surface area contributed by atoms with Crippen LogP contribution in [0.15, 0.2) is 70.9 Å². The van der Waals surface area contributed by atoms with Crippen molar-refractivity contribution in [2.45, 2.75) is 30.2 Å². The highest BCUT2D eigenvalue weighted by molar-refractivity contribution is 7.98. The minimum Gasteiger partial charge on any atom is -0.333 e. The molecule has 1 aromatic heterocycles. The van der Waals surface area contributed by atoms with Crippen LogP contribution in [-0.2, 0) is 5.75 Å². The van der Waals surface area contributed by atoms with Crippen molar-refractivity contribution < 1.29 is 4.79 Å². The van der Waals surface area contributed by atoms with Gasteiger partial charge in [-0.05, 0) is 55.0 Å². The van der Waals surface area contributed by atoms with Crippen molar-refractivity contribution in [3.63, 3.8) is 0 Å². The van der Waals surface area contributed by atoms with E-state index in [0.29, 0.717) is 11.5 Å². The summed E-state index contributed by atoms with van der Waals surface area (Å²) in [6.07, 6.45) is 9.38. The molecular weight excluding hydrogens is 368 g/mol. The third-order valence-corrected chi connectivity index (χ3v) is 5.66. The molecule has 5 nitrogen and oxygen atoms in total. The number of carbonyl (C=O) groups excluding carboxylic acids is 1. The molecule has 0 saturated heterocycles. The summed E-state index contributed by atoms with van der Waals surface area (Å²) >= 11 is 1.65. The molecule has 1 amide bonds. The molecule has 6 heteroatoms. The van der Waals surface area contributed by atoms with E-state index in [4.69, 9.17) is 0 Å². The van der Waals surface area contributed by atoms with Gasteiger partial charge in [0.1, 0.15) is 0 Å². The summed E-state index contributed by atoms with van der Waals surface area (Å²) in [6.45, 7) is 0. The fourth-order valence-electron chi connectivity index (χ4n) is 3.12. The van der Waals surface area contributed by atoms with Gasteiger partial charge in [-0.25, -0.2) is 10.4 Å². The number of hydrogen-bond acceptors (Lipinski definition) is 4. The Balaban J connectivity index is 1.29. The van der Waals surface area contributed by atoms with Crippen molar-refractivity contribution in [1.29, 1.82) is 0 Å². The Morgan fingerprint density at radius 3 is 2.86 bits per heavy atom. The molecule has 28 heavy (non-hydrogen) atoms. The fraction of sp³-hybridized carbons (Fsp3) is 0.227. The number of aromatic amines is 1. The van der Waals surface area contributed by atoms with E-state index in [9.17, 15) is 4.79 Å². The van der Waals surface area contributed by atoms with Gasteiger partial charge in [-0.2, -0.15) is 5.10 Å². The minimum absolute atomic E-state index is 0.181. The van der Waals surface area contributed by atoms with E-state index >= 15 is 0 Å². The van der Waals surface area contributed by atoms with E-state index in [1.165, 1.54) is 0 Å². The molecule has 1 aliphatic rings. The van der Waals surface area contributed by atoms with Gasteiger partial charge in [0, 0.05) is 17.5 Å². The van der Waals surface area contributed by atoms with Gasteiger partial charge in [0.25, 0.3) is 5.91 Å². The number of allylic oxidation sites excluding steroid dienone is 2. The number of para-hydroxylation sites is 2. The van der Waals surface area contributed by atoms with Gasteiger partial charge in [0.2, 0.25) is 0 Å². The highest BCUT2D eigenvalue weighted by Gasteiger charge is 2.08. The lowest BCUT2D eigenvalue weighted by Crippen LogP contribution is -2.18. The van der Waals surface area contributed by atoms with Crippen LogP contribution in [0.25, 0.3) is 11.0 Å². The number of thioether (sulfide) groups is 1. The average molecular weight is 391 g/mol. The number of amides is 1. The van der Waals surface area contributed by atoms with Gasteiger partial charge in [0.15, 0.2) is 5.16 Å². The largest absolute Gasteiger partial charge is 0.333 e. The molecule has 1 atom stereocenters. The smallest absolute Gasteiger partial charge is 0.271 e. The number of nitrogens with zero attached hydrogens (tertiary/aromatic N) is 2. The molecule has 2 aromatic carbocycles. The van der Waals surface area contributed by atoms with Gasteiger partial charge in [-0.3, -0.25) is 4.79 Å². The van der Waals surface area contributed by atoms with Crippen LogP contribution in [0.2, 0.25) is 0 Å². The molecule has 1 heterocycles. The predicted molar refractivity (Wildman–Crippen MR) is 115 cm³/mol. The third-order valence-electron chi connectivity index (χ3n) is 4.72. The zero-order valence-electron chi connectivity index (χ0n) is 15.5. The number of fused-ring (bicyclic) bond motifs is 1. The van der Waals surface area contributed by atoms with Crippen molar-refractivity contribution in [2.75, 3.05) is 0 Å². The van der Waals surface area contributed by atoms with Crippen molar-refractivity contribution in [1.82, 2.24) is 15.4 Å². The third kappa shape index (κ3) is 4.70. The topological polar surface area (TPSA) is 70.1 Å². The molecule has 0 saturated carbocycles. The molecule has 1 aliphatic carbocycles. The predicted octanol–water partition coefficient (Wildman–Crippen LogP) is 4.93. The van der Waals surface area contributed by atoms with Crippen molar-refractivity contribution in [3.05, 3.63) is 71.8 Å². The van der Waals surface area contributed by atoms with E-state index in [0.717, 1.165) is 46.8 Å². The van der Waals surface area contributed by atoms with Crippen molar-refractivity contribution in [2.24, 2.45) is 11.0 Å². The molecular formula is C22H22N4OS. The van der Waals surface area contributed by atoms with Crippen LogP contribution in [0.3, 0.4) is 0 Å². The average Bonchev–Trinajstić information content (AvgIpc) is 3.16. The second-order valence-electron chi connectivity index (χ2n) is 6.81. The summed E-state index contributed by atoms with van der Waals surface area (Å²) in [5.74, 6) is 1.02. The second kappa shape index (κ2) is 8.89. The van der Waals surface area contributed by atoms with Crippen molar-refractivity contribution >= 4 is 34.9 Å². The summed E-state index contributed by atoms with van der Waals surface area (Å²) in [5, 5.41) is 5.01. The van der Waals surface area contributed by atoms with Crippen LogP contribution in [0.1, 0.15) is 35.2 Å². The van der Waals surface area contributed by atoms with E-state index in [-0.39, 0.29) is 5.91 Å². The first kappa shape index (κ1) is 18.5. The van der Waals surface area contributed by atoms with Crippen LogP contribution in [0.5, 0.6) is 0 Å². The lowest BCUT2D eigenvalue weighted by atomic mass is 9.96. The van der Waals surface area contributed by atoms with E-state index in [1.807, 2.05) is 54.7 Å². The van der Waals surface area contributed by atoms with Gasteiger partial charge in [-0.15, -0.1) is 0 Å². The molecule has 0 bridgehead atoms. The highest BCUT2D eigenvalue weighted by atomic mass is 32.2. The molecule has 0 aliphatic heterocycles. The van der Waals surface area contributed by atoms with Gasteiger partial charge >= 0.3 is 0 Å². The molecule has 0 fully saturated rings. The van der Waals surface area contributed by atoms with E-state index < -0.39 is 0 Å². The minimum atomic E-state index is -0.181. The summed E-state index contributed by atoms with van der Waals surface area (Å²) in [4.78, 5) is 20.1. The van der Waals surface area contributed by atoms with E-state index in [1.54, 1.807) is 11.8 Å². The zero-order chi connectivity index (χ0) is 19.2. The lowest BCUT2D eigenvalue weighted by molar-refractivity contribution is 0.0955. The van der Waals surface area contributed by atoms with Crippen LogP contribution in [-0.4, -0.2) is 22.1 Å². The monoisotopic (exact) mass is 390 g/mol. The molecule has 0 spiro atoms. The first-order valence-corrected chi connectivity index (χ1v) is 10.4. The highest BCUT2D eigenvalue weighted by Crippen LogP contribution is 2.23. The molecule has 0 radical (unpaired) electrons. The number of benzene rings is 2. The summed E-state index contributed by atoms with van der Waals surface area (Å²) in [7, 11) is 0. The maximum Gasteiger partial charge on any atom is 0.271 e. The number of aromatic nitrogens is 2. The van der Waals surface area contributed by atoms with Crippen LogP contribution >= 0.6 is 11.8 Å². The normalized spacial score (nSPS) is 16.6. The maximum absolute atomic E-state index is 12.2. The summed E-state index contributed by atoms with van der Waals surface area (Å²) in [6, 6.07) is 15.6. The molecule has 3 aromatic rings. The van der Waals surface area contributed by atoms with Crippen LogP contribution in [0, 0.1) is 5.92 Å². The maximum atomic E-state index is 12.2. The van der Waals surface area contributed by atoms with Gasteiger partial charge in [-0.1, -0.05) is 48.2 Å². The van der Waals surface area contributed by atoms with E-state index in [2.05, 4.69) is 32.6 Å². The number of hydrogen-bond donors (Lipinski definition) is 2. The van der Waals surface area contributed by atoms with Crippen molar-refractivity contribution in [3.8, 4) is 0 Å². The second-order valence-corrected chi connectivity index (χ2v) is 7.77. The van der Waals surface area contributed by atoms with Crippen LogP contribution in [0.4, 0.5) is 0 Å². The summed E-state index contributed by atoms with van der Waals surface area (Å²) in [5.41, 5.74) is 6.39. The Labute approximate surface area is 168 Å². The number of H-pyrrole nitrogens is 1. The number of carbonyl (C=O) groups is 1. The van der Waals surface area contributed by atoms with Crippen LogP contribution < -0.4 is 5.43 Å². The standard InChI is InChI=1S/C22H22N4OS/c27-21(26-23-14-16-6-2-1-3-7-16)18-12-10-17(11-13-18)15-28-22-24-19-8-4-5-9-20(19)25-22/h1-2,4-5,8-14,16H,3,6-7,15H2,(H,24,25)(H,26,27). The lowest BCUT2D eigenvalue weighted by Gasteiger charge is -2.11. The molecule has 1 unspecified atom stereocenters. The Morgan fingerprint density at radius 1 is 1.21 bits per heavy atom. The first-order chi connectivity index (χ1) is 13.8. The summed E-state index contributed by atoms with van der Waals surface area (Å²) < 4.78 is 0. The Kier molecular flexibility index (Phi) is 5.87. The number of hydrazone groups is 1. The Hall–Kier alpha value is -2.86. The number of nitrogens with one attached hydrogen (secondary N) is 2. The molecule has 142 valence electrons. The molecule has 2 N–H and O–H groups in total. The fourth-order valence-corrected chi connectivity index (χ4v) is 3.96. The van der Waals surface area contributed by atoms with Gasteiger partial charge < -0.3 is 4.98 Å². The quantitative estimate of drug-likeness (QED) is 0.271. The Morgan fingerprint density at radius 2 is 2.07 bits per heavy atom. The number of imidazole rings is 1. The molecule has 4 rings (SSSR count). The zero-order valence-corrected chi connectivity index (χ0v) is 16.3. The van der Waals surface area contributed by atoms with Gasteiger partial charge in [0.05, 0.1) is 11.0 Å². The Bertz CT molecular complexity index is 974.